The number of carbonyl (C=O) groups excluding carboxylic acids is 5. The molecule has 0 unspecified atom stereocenters. The Balaban J connectivity index is 1.80. The zero-order valence-electron chi connectivity index (χ0n) is 41.2. The normalized spacial score (nSPS) is 18.0. The smallest absolute Gasteiger partial charge is 0.329 e. The lowest BCUT2D eigenvalue weighted by Gasteiger charge is -2.41. The summed E-state index contributed by atoms with van der Waals surface area (Å²) in [5, 5.41) is 6.10. The van der Waals surface area contributed by atoms with E-state index in [9.17, 15) is 24.0 Å². The number of likely N-dealkylation sites (tertiary alicyclic amines) is 1. The lowest BCUT2D eigenvalue weighted by atomic mass is 9.89. The molecular formula is C51H81N5O8. The van der Waals surface area contributed by atoms with E-state index in [2.05, 4.69) is 36.3 Å². The van der Waals surface area contributed by atoms with Crippen LogP contribution >= 0.6 is 0 Å². The molecule has 3 rings (SSSR count). The summed E-state index contributed by atoms with van der Waals surface area (Å²) in [6.45, 7) is 18.6. The Hall–Kier alpha value is -4.33. The summed E-state index contributed by atoms with van der Waals surface area (Å²) in [5.41, 5.74) is 1.71. The van der Waals surface area contributed by atoms with E-state index in [-0.39, 0.29) is 66.9 Å². The molecule has 64 heavy (non-hydrogen) atoms. The topological polar surface area (TPSA) is 147 Å². The number of nitrogens with one attached hydrogen (secondary N) is 2. The SMILES string of the molecule is CCC(CC)N(C)[C@H](C(=O)N[C@H](C(=O)N(C)[C@@H]([C@@H](C)CC)[C@@H](CC(=O)N1CCC[C@H]1[C@H](OC)[C@@H](C)C(=O)N[C@@H](Cc1ccccc1)C(=O)OCc1ccccc1)OC)C(C)C)C(C)C. The summed E-state index contributed by atoms with van der Waals surface area (Å²) in [4.78, 5) is 76.2. The van der Waals surface area contributed by atoms with Crippen molar-refractivity contribution < 1.29 is 38.2 Å². The summed E-state index contributed by atoms with van der Waals surface area (Å²) in [6.07, 6.45) is 2.79. The van der Waals surface area contributed by atoms with Crippen molar-refractivity contribution in [3.8, 4) is 0 Å². The molecule has 1 aliphatic heterocycles. The average Bonchev–Trinajstić information content (AvgIpc) is 3.77. The molecule has 2 N–H and O–H groups in total. The molecule has 4 amide bonds. The molecule has 2 aromatic carbocycles. The lowest BCUT2D eigenvalue weighted by molar-refractivity contribution is -0.151. The van der Waals surface area contributed by atoms with Crippen LogP contribution < -0.4 is 10.6 Å². The van der Waals surface area contributed by atoms with Gasteiger partial charge in [0.2, 0.25) is 23.6 Å². The van der Waals surface area contributed by atoms with Gasteiger partial charge in [-0.15, -0.1) is 0 Å². The van der Waals surface area contributed by atoms with Crippen LogP contribution in [0.4, 0.5) is 0 Å². The number of benzene rings is 2. The lowest BCUT2D eigenvalue weighted by Crippen LogP contribution is -2.60. The molecular weight excluding hydrogens is 811 g/mol. The van der Waals surface area contributed by atoms with E-state index in [1.807, 2.05) is 102 Å². The third-order valence-electron chi connectivity index (χ3n) is 13.5. The van der Waals surface area contributed by atoms with Crippen LogP contribution in [-0.2, 0) is 51.2 Å². The van der Waals surface area contributed by atoms with Crippen LogP contribution in [0.5, 0.6) is 0 Å². The second kappa shape index (κ2) is 26.6. The molecule has 1 aliphatic rings. The second-order valence-corrected chi connectivity index (χ2v) is 18.5. The number of nitrogens with zero attached hydrogens (tertiary/aromatic N) is 3. The zero-order chi connectivity index (χ0) is 47.7. The first-order valence-corrected chi connectivity index (χ1v) is 23.6. The Kier molecular flexibility index (Phi) is 22.4. The van der Waals surface area contributed by atoms with Crippen molar-refractivity contribution >= 4 is 29.6 Å². The Bertz CT molecular complexity index is 1740. The number of hydrogen-bond acceptors (Lipinski definition) is 9. The van der Waals surface area contributed by atoms with E-state index in [1.54, 1.807) is 38.0 Å². The van der Waals surface area contributed by atoms with Gasteiger partial charge >= 0.3 is 5.97 Å². The van der Waals surface area contributed by atoms with Gasteiger partial charge in [0.15, 0.2) is 0 Å². The van der Waals surface area contributed by atoms with Gasteiger partial charge in [-0.25, -0.2) is 4.79 Å². The molecule has 0 radical (unpaired) electrons. The Morgan fingerprint density at radius 2 is 1.36 bits per heavy atom. The van der Waals surface area contributed by atoms with Crippen molar-refractivity contribution in [3.05, 3.63) is 71.8 Å². The molecule has 9 atom stereocenters. The van der Waals surface area contributed by atoms with Gasteiger partial charge in [-0.1, -0.05) is 129 Å². The maximum Gasteiger partial charge on any atom is 0.329 e. The van der Waals surface area contributed by atoms with E-state index in [0.29, 0.717) is 13.0 Å². The number of likely N-dealkylation sites (N-methyl/N-ethyl adjacent to an activating group) is 2. The van der Waals surface area contributed by atoms with Gasteiger partial charge in [-0.2, -0.15) is 0 Å². The van der Waals surface area contributed by atoms with Gasteiger partial charge < -0.3 is 34.6 Å². The molecule has 13 nitrogen and oxygen atoms in total. The molecule has 1 heterocycles. The van der Waals surface area contributed by atoms with Gasteiger partial charge in [0.05, 0.1) is 42.7 Å². The molecule has 0 bridgehead atoms. The average molecular weight is 892 g/mol. The first-order valence-electron chi connectivity index (χ1n) is 23.6. The minimum atomic E-state index is -0.949. The van der Waals surface area contributed by atoms with Crippen LogP contribution in [0.1, 0.15) is 112 Å². The van der Waals surface area contributed by atoms with E-state index in [0.717, 1.165) is 36.8 Å². The van der Waals surface area contributed by atoms with Crippen molar-refractivity contribution in [2.45, 2.75) is 162 Å². The number of hydrogen-bond donors (Lipinski definition) is 2. The van der Waals surface area contributed by atoms with Crippen molar-refractivity contribution in [2.75, 3.05) is 34.9 Å². The fraction of sp³-hybridized carbons (Fsp3) is 0.667. The first-order chi connectivity index (χ1) is 30.4. The number of amides is 4. The fourth-order valence-electron chi connectivity index (χ4n) is 9.50. The fourth-order valence-corrected chi connectivity index (χ4v) is 9.50. The highest BCUT2D eigenvalue weighted by atomic mass is 16.5. The summed E-state index contributed by atoms with van der Waals surface area (Å²) >= 11 is 0. The van der Waals surface area contributed by atoms with E-state index in [4.69, 9.17) is 14.2 Å². The number of carbonyl (C=O) groups is 5. The minimum Gasteiger partial charge on any atom is -0.459 e. The Morgan fingerprint density at radius 1 is 0.766 bits per heavy atom. The summed E-state index contributed by atoms with van der Waals surface area (Å²) in [6, 6.07) is 16.0. The van der Waals surface area contributed by atoms with Gasteiger partial charge in [0.25, 0.3) is 0 Å². The Morgan fingerprint density at radius 3 is 1.88 bits per heavy atom. The zero-order valence-corrected chi connectivity index (χ0v) is 41.2. The van der Waals surface area contributed by atoms with Gasteiger partial charge in [0, 0.05) is 40.3 Å². The molecule has 0 saturated carbocycles. The third kappa shape index (κ3) is 14.6. The van der Waals surface area contributed by atoms with Crippen LogP contribution in [-0.4, -0.2) is 128 Å². The highest BCUT2D eigenvalue weighted by Crippen LogP contribution is 2.30. The van der Waals surface area contributed by atoms with Crippen LogP contribution in [0, 0.1) is 23.7 Å². The molecule has 1 saturated heterocycles. The predicted molar refractivity (Wildman–Crippen MR) is 252 cm³/mol. The van der Waals surface area contributed by atoms with Crippen molar-refractivity contribution in [3.63, 3.8) is 0 Å². The summed E-state index contributed by atoms with van der Waals surface area (Å²) in [7, 11) is 6.84. The summed E-state index contributed by atoms with van der Waals surface area (Å²) in [5.74, 6) is -2.45. The number of methoxy groups -OCH3 is 2. The monoisotopic (exact) mass is 892 g/mol. The van der Waals surface area contributed by atoms with Crippen molar-refractivity contribution in [1.82, 2.24) is 25.3 Å². The number of rotatable bonds is 26. The maximum atomic E-state index is 14.6. The largest absolute Gasteiger partial charge is 0.459 e. The number of esters is 1. The van der Waals surface area contributed by atoms with E-state index in [1.165, 1.54) is 0 Å². The van der Waals surface area contributed by atoms with E-state index >= 15 is 0 Å². The Labute approximate surface area is 384 Å². The van der Waals surface area contributed by atoms with E-state index < -0.39 is 54.3 Å². The molecule has 13 heteroatoms. The molecule has 2 aromatic rings. The van der Waals surface area contributed by atoms with Crippen LogP contribution in [0.15, 0.2) is 60.7 Å². The van der Waals surface area contributed by atoms with Crippen LogP contribution in [0.3, 0.4) is 0 Å². The van der Waals surface area contributed by atoms with Crippen molar-refractivity contribution in [2.24, 2.45) is 23.7 Å². The predicted octanol–water partition coefficient (Wildman–Crippen LogP) is 6.66. The van der Waals surface area contributed by atoms with Crippen LogP contribution in [0.25, 0.3) is 0 Å². The van der Waals surface area contributed by atoms with Gasteiger partial charge in [-0.05, 0) is 61.6 Å². The highest BCUT2D eigenvalue weighted by molar-refractivity contribution is 5.90. The van der Waals surface area contributed by atoms with Gasteiger partial charge in [0.1, 0.15) is 18.7 Å². The number of ether oxygens (including phenoxy) is 3. The standard InChI is InChI=1S/C51H81N5O8/c1-14-35(8)46(55(11)50(60)44(33(4)5)53-49(59)45(34(6)7)54(10)39(15-2)16-3)42(62-12)31-43(57)56-29-23-28-41(56)47(63-13)36(9)48(58)52-40(30-37-24-19-17-20-25-37)51(61)64-32-38-26-21-18-22-27-38/h17-22,24-27,33-36,39-42,44-47H,14-16,23,28-32H2,1-13H3,(H,52,58)(H,53,59)/t35-,36+,40-,41-,42+,44-,45-,46-,47+/m0/s1. The molecule has 0 aliphatic carbocycles. The van der Waals surface area contributed by atoms with Crippen LogP contribution in [0.2, 0.25) is 0 Å². The van der Waals surface area contributed by atoms with Gasteiger partial charge in [-0.3, -0.25) is 24.1 Å². The minimum absolute atomic E-state index is 0.00259. The first kappa shape index (κ1) is 54.0. The quantitative estimate of drug-likeness (QED) is 0.0991. The highest BCUT2D eigenvalue weighted by Gasteiger charge is 2.44. The summed E-state index contributed by atoms with van der Waals surface area (Å²) < 4.78 is 17.8. The third-order valence-corrected chi connectivity index (χ3v) is 13.5. The maximum absolute atomic E-state index is 14.6. The molecule has 0 spiro atoms. The molecule has 0 aromatic heterocycles. The molecule has 358 valence electrons. The van der Waals surface area contributed by atoms with Crippen molar-refractivity contribution in [1.29, 1.82) is 0 Å². The molecule has 1 fully saturated rings. The second-order valence-electron chi connectivity index (χ2n) is 18.5.